The maximum absolute atomic E-state index is 6.34. The van der Waals surface area contributed by atoms with Crippen LogP contribution in [-0.2, 0) is 4.74 Å². The third-order valence-corrected chi connectivity index (χ3v) is 9.41. The summed E-state index contributed by atoms with van der Waals surface area (Å²) in [6.45, 7) is 2.48. The van der Waals surface area contributed by atoms with E-state index in [-0.39, 0.29) is 0 Å². The molecule has 2 aromatic heterocycles. The lowest BCUT2D eigenvalue weighted by atomic mass is 9.94. The highest BCUT2D eigenvalue weighted by molar-refractivity contribution is 6.30. The Labute approximate surface area is 296 Å². The van der Waals surface area contributed by atoms with Gasteiger partial charge in [0.25, 0.3) is 0 Å². The SMILES string of the molecule is CCOC1=NC2=C(c3ccccc3)c3cc(c[nH]3)C(c3ccccc3)=c3ccc([nH]3)=C(c3ccccc3)C3=NC(=C(c4ccccc4)C1=C2)C=C3. The van der Waals surface area contributed by atoms with E-state index in [0.717, 1.165) is 89.2 Å². The van der Waals surface area contributed by atoms with Crippen LogP contribution >= 0.6 is 0 Å². The number of benzene rings is 4. The van der Waals surface area contributed by atoms with Crippen LogP contribution in [0.3, 0.4) is 0 Å². The van der Waals surface area contributed by atoms with Gasteiger partial charge < -0.3 is 14.7 Å². The summed E-state index contributed by atoms with van der Waals surface area (Å²) in [5.74, 6) is 0.581. The van der Waals surface area contributed by atoms with Crippen molar-refractivity contribution in [2.24, 2.45) is 9.98 Å². The smallest absolute Gasteiger partial charge is 0.222 e. The molecule has 4 aromatic carbocycles. The van der Waals surface area contributed by atoms with Crippen molar-refractivity contribution in [3.05, 3.63) is 225 Å². The molecule has 5 heterocycles. The van der Waals surface area contributed by atoms with Gasteiger partial charge in [-0.15, -0.1) is 0 Å². The van der Waals surface area contributed by atoms with Crippen LogP contribution in [0.5, 0.6) is 0 Å². The van der Waals surface area contributed by atoms with Crippen molar-refractivity contribution in [1.29, 1.82) is 0 Å². The highest BCUT2D eigenvalue weighted by Crippen LogP contribution is 2.39. The quantitative estimate of drug-likeness (QED) is 0.192. The average molecular weight is 659 g/mol. The summed E-state index contributed by atoms with van der Waals surface area (Å²) in [6, 6.07) is 48.5. The largest absolute Gasteiger partial charge is 0.478 e. The third-order valence-electron chi connectivity index (χ3n) is 9.41. The third kappa shape index (κ3) is 5.55. The highest BCUT2D eigenvalue weighted by atomic mass is 16.5. The Hall–Kier alpha value is -6.72. The zero-order valence-electron chi connectivity index (χ0n) is 28.1. The van der Waals surface area contributed by atoms with Gasteiger partial charge in [-0.05, 0) is 65.6 Å². The minimum atomic E-state index is 0.481. The zero-order chi connectivity index (χ0) is 34.1. The summed E-state index contributed by atoms with van der Waals surface area (Å²) in [6.07, 6.45) is 8.50. The van der Waals surface area contributed by atoms with E-state index < -0.39 is 0 Å². The molecule has 51 heavy (non-hydrogen) atoms. The van der Waals surface area contributed by atoms with Gasteiger partial charge >= 0.3 is 0 Å². The first kappa shape index (κ1) is 30.3. The van der Waals surface area contributed by atoms with Crippen molar-refractivity contribution in [1.82, 2.24) is 9.97 Å². The molecule has 3 aliphatic rings. The molecular formula is C46H34N4O. The molecule has 0 fully saturated rings. The molecule has 6 aromatic rings. The van der Waals surface area contributed by atoms with Gasteiger partial charge in [-0.1, -0.05) is 121 Å². The molecule has 0 saturated heterocycles. The monoisotopic (exact) mass is 658 g/mol. The van der Waals surface area contributed by atoms with Crippen LogP contribution in [-0.4, -0.2) is 28.2 Å². The van der Waals surface area contributed by atoms with Crippen molar-refractivity contribution in [3.63, 3.8) is 0 Å². The van der Waals surface area contributed by atoms with Crippen LogP contribution in [0.4, 0.5) is 0 Å². The number of aromatic amines is 2. The van der Waals surface area contributed by atoms with Gasteiger partial charge in [-0.3, -0.25) is 0 Å². The van der Waals surface area contributed by atoms with Crippen LogP contribution in [0.2, 0.25) is 0 Å². The number of rotatable bonds is 5. The normalized spacial score (nSPS) is 15.3. The minimum absolute atomic E-state index is 0.481. The van der Waals surface area contributed by atoms with Gasteiger partial charge in [0.1, 0.15) is 0 Å². The molecule has 5 nitrogen and oxygen atoms in total. The topological polar surface area (TPSA) is 65.5 Å². The average Bonchev–Trinajstić information content (AvgIpc) is 4.01. The van der Waals surface area contributed by atoms with E-state index >= 15 is 0 Å². The van der Waals surface area contributed by atoms with E-state index in [9.17, 15) is 0 Å². The van der Waals surface area contributed by atoms with Crippen LogP contribution in [0.25, 0.3) is 22.3 Å². The summed E-state index contributed by atoms with van der Waals surface area (Å²) < 4.78 is 6.34. The predicted octanol–water partition coefficient (Wildman–Crippen LogP) is 8.36. The fourth-order valence-electron chi connectivity index (χ4n) is 7.19. The number of fused-ring (bicyclic) bond motifs is 6. The second-order valence-corrected chi connectivity index (χ2v) is 12.6. The lowest BCUT2D eigenvalue weighted by molar-refractivity contribution is 0.329. The molecule has 2 N–H and O–H groups in total. The maximum atomic E-state index is 6.34. The Bertz CT molecular complexity index is 2600. The van der Waals surface area contributed by atoms with Crippen molar-refractivity contribution in [3.8, 4) is 0 Å². The first-order chi connectivity index (χ1) is 25.2. The lowest BCUT2D eigenvalue weighted by Crippen LogP contribution is -2.19. The van der Waals surface area contributed by atoms with Crippen LogP contribution in [0.15, 0.2) is 191 Å². The standard InChI is InChI=1S/C46H34N4O/c1-2-51-46-35-28-41(50-46)45(33-21-13-6-14-22-33)40-27-34(29-47-40)42(30-15-7-3-8-16-30)36-23-25-38(48-36)44(32-19-11-5-12-20-32)39-26-24-37(49-39)43(35)31-17-9-4-10-18-31/h3-29,47-48H,2H2,1H3. The van der Waals surface area contributed by atoms with Crippen molar-refractivity contribution in [2.75, 3.05) is 6.61 Å². The summed E-state index contributed by atoms with van der Waals surface area (Å²) in [7, 11) is 0. The number of aliphatic imine (C=N–C) groups is 2. The maximum Gasteiger partial charge on any atom is 0.222 e. The highest BCUT2D eigenvalue weighted by Gasteiger charge is 2.28. The van der Waals surface area contributed by atoms with Gasteiger partial charge in [0.15, 0.2) is 0 Å². The molecular weight excluding hydrogens is 625 g/mol. The summed E-state index contributed by atoms with van der Waals surface area (Å²) in [5, 5.41) is 2.00. The fraction of sp³-hybridized carbons (Fsp3) is 0.0435. The molecule has 0 amide bonds. The van der Waals surface area contributed by atoms with Gasteiger partial charge in [-0.25, -0.2) is 9.98 Å². The van der Waals surface area contributed by atoms with E-state index in [1.54, 1.807) is 0 Å². The molecule has 0 unspecified atom stereocenters. The lowest BCUT2D eigenvalue weighted by Gasteiger charge is -2.13. The number of allylic oxidation sites excluding steroid dienone is 3. The Kier molecular flexibility index (Phi) is 7.71. The van der Waals surface area contributed by atoms with Gasteiger partial charge in [0, 0.05) is 56.0 Å². The number of ether oxygens (including phenoxy) is 1. The molecule has 0 atom stereocenters. The molecule has 0 saturated carbocycles. The number of nitrogens with one attached hydrogen (secondary N) is 2. The van der Waals surface area contributed by atoms with Gasteiger partial charge in [0.2, 0.25) is 5.90 Å². The minimum Gasteiger partial charge on any atom is -0.478 e. The van der Waals surface area contributed by atoms with Crippen LogP contribution in [0, 0.1) is 0 Å². The summed E-state index contributed by atoms with van der Waals surface area (Å²) in [4.78, 5) is 18.1. The number of hydrogen-bond acceptors (Lipinski definition) is 3. The Morgan fingerprint density at radius 2 is 1.08 bits per heavy atom. The van der Waals surface area contributed by atoms with E-state index in [0.29, 0.717) is 12.5 Å². The zero-order valence-corrected chi connectivity index (χ0v) is 28.1. The predicted molar refractivity (Wildman–Crippen MR) is 207 cm³/mol. The van der Waals surface area contributed by atoms with Crippen molar-refractivity contribution < 1.29 is 4.74 Å². The molecule has 0 aliphatic carbocycles. The number of H-pyrrole nitrogens is 2. The van der Waals surface area contributed by atoms with Gasteiger partial charge in [0.05, 0.1) is 23.7 Å². The molecule has 5 heteroatoms. The second kappa shape index (κ2) is 13.0. The van der Waals surface area contributed by atoms with Crippen LogP contribution < -0.4 is 10.7 Å². The van der Waals surface area contributed by atoms with E-state index in [2.05, 4.69) is 156 Å². The Balaban J connectivity index is 1.44. The van der Waals surface area contributed by atoms with E-state index in [1.165, 1.54) is 0 Å². The molecule has 8 bridgehead atoms. The number of hydrogen-bond donors (Lipinski definition) is 2. The number of nitrogens with zero attached hydrogens (tertiary/aromatic N) is 2. The Morgan fingerprint density at radius 1 is 0.529 bits per heavy atom. The van der Waals surface area contributed by atoms with E-state index in [4.69, 9.17) is 14.7 Å². The Morgan fingerprint density at radius 3 is 1.69 bits per heavy atom. The van der Waals surface area contributed by atoms with Gasteiger partial charge in [-0.2, -0.15) is 0 Å². The first-order valence-electron chi connectivity index (χ1n) is 17.3. The summed E-state index contributed by atoms with van der Waals surface area (Å²) in [5.41, 5.74) is 13.8. The fourth-order valence-corrected chi connectivity index (χ4v) is 7.19. The first-order valence-corrected chi connectivity index (χ1v) is 17.3. The molecule has 3 aliphatic heterocycles. The van der Waals surface area contributed by atoms with Crippen molar-refractivity contribution >= 4 is 33.9 Å². The van der Waals surface area contributed by atoms with Crippen molar-refractivity contribution in [2.45, 2.75) is 6.92 Å². The van der Waals surface area contributed by atoms with Crippen LogP contribution in [0.1, 0.15) is 40.4 Å². The second-order valence-electron chi connectivity index (χ2n) is 12.6. The molecule has 0 spiro atoms. The van der Waals surface area contributed by atoms with E-state index in [1.807, 2.05) is 25.1 Å². The number of aromatic nitrogens is 2. The summed E-state index contributed by atoms with van der Waals surface area (Å²) >= 11 is 0. The molecule has 9 rings (SSSR count). The molecule has 244 valence electrons. The molecule has 0 radical (unpaired) electrons.